The Balaban J connectivity index is 1.89. The van der Waals surface area contributed by atoms with Crippen LogP contribution in [0.25, 0.3) is 5.65 Å². The Morgan fingerprint density at radius 1 is 1.21 bits per heavy atom. The zero-order chi connectivity index (χ0) is 13.1. The van der Waals surface area contributed by atoms with E-state index in [0.717, 1.165) is 22.8 Å². The number of nitrogens with zero attached hydrogens (tertiary/aromatic N) is 4. The number of hydrogen-bond donors (Lipinski definition) is 2. The smallest absolute Gasteiger partial charge is 0.180 e. The minimum Gasteiger partial charge on any atom is -0.372 e. The Morgan fingerprint density at radius 2 is 2.05 bits per heavy atom. The first-order chi connectivity index (χ1) is 9.36. The van der Waals surface area contributed by atoms with Gasteiger partial charge in [-0.15, -0.1) is 0 Å². The third-order valence-electron chi connectivity index (χ3n) is 2.84. The number of pyridine rings is 1. The maximum atomic E-state index is 4.49. The van der Waals surface area contributed by atoms with Crippen molar-refractivity contribution in [2.75, 3.05) is 17.7 Å². The van der Waals surface area contributed by atoms with E-state index in [1.807, 2.05) is 36.0 Å². The minimum absolute atomic E-state index is 0.686. The van der Waals surface area contributed by atoms with Crippen molar-refractivity contribution in [2.24, 2.45) is 0 Å². The number of nitrogens with one attached hydrogen (secondary N) is 2. The molecular formula is C13H14N6. The quantitative estimate of drug-likeness (QED) is 0.743. The number of rotatable bonds is 4. The van der Waals surface area contributed by atoms with Crippen LogP contribution in [0, 0.1) is 0 Å². The van der Waals surface area contributed by atoms with Gasteiger partial charge in [0.1, 0.15) is 5.82 Å². The third kappa shape index (κ3) is 2.33. The summed E-state index contributed by atoms with van der Waals surface area (Å²) >= 11 is 0. The van der Waals surface area contributed by atoms with E-state index in [1.165, 1.54) is 0 Å². The van der Waals surface area contributed by atoms with Gasteiger partial charge in [-0.05, 0) is 17.7 Å². The van der Waals surface area contributed by atoms with Crippen molar-refractivity contribution in [3.63, 3.8) is 0 Å². The van der Waals surface area contributed by atoms with Crippen molar-refractivity contribution >= 4 is 17.3 Å². The molecule has 0 saturated heterocycles. The lowest BCUT2D eigenvalue weighted by molar-refractivity contribution is 1.06. The molecule has 6 heteroatoms. The molecule has 0 aromatic carbocycles. The summed E-state index contributed by atoms with van der Waals surface area (Å²) in [7, 11) is 1.84. The number of anilines is 2. The van der Waals surface area contributed by atoms with E-state index in [2.05, 4.69) is 25.6 Å². The zero-order valence-corrected chi connectivity index (χ0v) is 10.5. The van der Waals surface area contributed by atoms with Crippen molar-refractivity contribution in [2.45, 2.75) is 6.54 Å². The van der Waals surface area contributed by atoms with Crippen LogP contribution in [-0.4, -0.2) is 26.4 Å². The van der Waals surface area contributed by atoms with E-state index in [-0.39, 0.29) is 0 Å². The monoisotopic (exact) mass is 254 g/mol. The number of hydrogen-bond acceptors (Lipinski definition) is 5. The van der Waals surface area contributed by atoms with Gasteiger partial charge in [0.15, 0.2) is 11.5 Å². The van der Waals surface area contributed by atoms with Crippen LogP contribution in [-0.2, 0) is 6.54 Å². The van der Waals surface area contributed by atoms with E-state index in [1.54, 1.807) is 18.6 Å². The van der Waals surface area contributed by atoms with Gasteiger partial charge in [0.2, 0.25) is 0 Å². The molecule has 3 rings (SSSR count). The summed E-state index contributed by atoms with van der Waals surface area (Å²) < 4.78 is 1.94. The van der Waals surface area contributed by atoms with Gasteiger partial charge < -0.3 is 15.0 Å². The fourth-order valence-electron chi connectivity index (χ4n) is 1.86. The van der Waals surface area contributed by atoms with Crippen molar-refractivity contribution in [3.05, 3.63) is 48.7 Å². The van der Waals surface area contributed by atoms with Crippen molar-refractivity contribution < 1.29 is 0 Å². The first-order valence-electron chi connectivity index (χ1n) is 6.01. The summed E-state index contributed by atoms with van der Waals surface area (Å²) in [6.07, 6.45) is 9.11. The van der Waals surface area contributed by atoms with Crippen LogP contribution >= 0.6 is 0 Å². The van der Waals surface area contributed by atoms with Gasteiger partial charge in [-0.25, -0.2) is 9.97 Å². The van der Waals surface area contributed by atoms with Gasteiger partial charge in [-0.1, -0.05) is 0 Å². The standard InChI is InChI=1S/C13H14N6/c1-14-11-9-19-7-6-16-13(19)12(18-11)17-8-10-2-4-15-5-3-10/h2-7,9,14H,8H2,1H3,(H,17,18). The molecule has 0 bridgehead atoms. The van der Waals surface area contributed by atoms with Crippen molar-refractivity contribution in [1.82, 2.24) is 19.4 Å². The van der Waals surface area contributed by atoms with E-state index in [0.29, 0.717) is 6.54 Å². The average Bonchev–Trinajstić information content (AvgIpc) is 2.94. The number of aromatic nitrogens is 4. The molecule has 0 saturated carbocycles. The molecule has 0 aliphatic carbocycles. The number of fused-ring (bicyclic) bond motifs is 1. The molecule has 0 unspecified atom stereocenters. The highest BCUT2D eigenvalue weighted by Crippen LogP contribution is 2.16. The Kier molecular flexibility index (Phi) is 2.97. The van der Waals surface area contributed by atoms with E-state index < -0.39 is 0 Å². The molecule has 0 atom stereocenters. The molecule has 0 aliphatic heterocycles. The summed E-state index contributed by atoms with van der Waals surface area (Å²) in [6.45, 7) is 0.686. The van der Waals surface area contributed by atoms with Crippen molar-refractivity contribution in [3.8, 4) is 0 Å². The van der Waals surface area contributed by atoms with E-state index in [9.17, 15) is 0 Å². The summed E-state index contributed by atoms with van der Waals surface area (Å²) in [4.78, 5) is 12.8. The third-order valence-corrected chi connectivity index (χ3v) is 2.84. The zero-order valence-electron chi connectivity index (χ0n) is 10.5. The summed E-state index contributed by atoms with van der Waals surface area (Å²) in [5.41, 5.74) is 1.96. The maximum absolute atomic E-state index is 4.49. The molecular weight excluding hydrogens is 240 g/mol. The van der Waals surface area contributed by atoms with Gasteiger partial charge >= 0.3 is 0 Å². The molecule has 3 aromatic heterocycles. The normalized spacial score (nSPS) is 10.6. The highest BCUT2D eigenvalue weighted by atomic mass is 15.1. The minimum atomic E-state index is 0.686. The van der Waals surface area contributed by atoms with Gasteiger partial charge in [0.05, 0.1) is 6.20 Å². The van der Waals surface area contributed by atoms with Crippen LogP contribution in [0.15, 0.2) is 43.1 Å². The molecule has 0 amide bonds. The number of imidazole rings is 1. The second-order valence-electron chi connectivity index (χ2n) is 4.09. The fraction of sp³-hybridized carbons (Fsp3) is 0.154. The predicted molar refractivity (Wildman–Crippen MR) is 74.1 cm³/mol. The van der Waals surface area contributed by atoms with Crippen LogP contribution < -0.4 is 10.6 Å². The highest BCUT2D eigenvalue weighted by molar-refractivity contribution is 5.65. The summed E-state index contributed by atoms with van der Waals surface area (Å²) in [5, 5.41) is 6.34. The van der Waals surface area contributed by atoms with Crippen LogP contribution in [0.1, 0.15) is 5.56 Å². The lowest BCUT2D eigenvalue weighted by Crippen LogP contribution is -2.06. The highest BCUT2D eigenvalue weighted by Gasteiger charge is 2.06. The van der Waals surface area contributed by atoms with Gasteiger partial charge in [-0.2, -0.15) is 0 Å². The molecule has 3 heterocycles. The Labute approximate surface area is 110 Å². The molecule has 96 valence electrons. The van der Waals surface area contributed by atoms with Gasteiger partial charge in [0, 0.05) is 38.4 Å². The first kappa shape index (κ1) is 11.5. The van der Waals surface area contributed by atoms with E-state index in [4.69, 9.17) is 0 Å². The molecule has 0 radical (unpaired) electrons. The largest absolute Gasteiger partial charge is 0.372 e. The summed E-state index contributed by atoms with van der Waals surface area (Å²) in [6, 6.07) is 3.94. The molecule has 2 N–H and O–H groups in total. The van der Waals surface area contributed by atoms with Crippen LogP contribution in [0.4, 0.5) is 11.6 Å². The molecule has 0 spiro atoms. The first-order valence-corrected chi connectivity index (χ1v) is 6.01. The Hall–Kier alpha value is -2.63. The lowest BCUT2D eigenvalue weighted by Gasteiger charge is -2.09. The lowest BCUT2D eigenvalue weighted by atomic mass is 10.3. The van der Waals surface area contributed by atoms with Gasteiger partial charge in [-0.3, -0.25) is 4.98 Å². The molecule has 19 heavy (non-hydrogen) atoms. The SMILES string of the molecule is CNc1cn2ccnc2c(NCc2ccncc2)n1. The topological polar surface area (TPSA) is 67.1 Å². The molecule has 6 nitrogen and oxygen atoms in total. The molecule has 0 fully saturated rings. The van der Waals surface area contributed by atoms with E-state index >= 15 is 0 Å². The Bertz CT molecular complexity index is 676. The fourth-order valence-corrected chi connectivity index (χ4v) is 1.86. The molecule has 0 aliphatic rings. The molecule has 3 aromatic rings. The van der Waals surface area contributed by atoms with Crippen LogP contribution in [0.2, 0.25) is 0 Å². The maximum Gasteiger partial charge on any atom is 0.180 e. The second-order valence-corrected chi connectivity index (χ2v) is 4.09. The average molecular weight is 254 g/mol. The predicted octanol–water partition coefficient (Wildman–Crippen LogP) is 1.78. The van der Waals surface area contributed by atoms with Crippen LogP contribution in [0.3, 0.4) is 0 Å². The Morgan fingerprint density at radius 3 is 2.84 bits per heavy atom. The van der Waals surface area contributed by atoms with Crippen LogP contribution in [0.5, 0.6) is 0 Å². The summed E-state index contributed by atoms with van der Waals surface area (Å²) in [5.74, 6) is 1.55. The second kappa shape index (κ2) is 4.93. The van der Waals surface area contributed by atoms with Crippen molar-refractivity contribution in [1.29, 1.82) is 0 Å². The van der Waals surface area contributed by atoms with Gasteiger partial charge in [0.25, 0.3) is 0 Å².